The van der Waals surface area contributed by atoms with Crippen molar-refractivity contribution < 1.29 is 19.2 Å². The molecule has 6 rings (SSSR count). The fraction of sp³-hybridized carbons (Fsp3) is 0.200. The van der Waals surface area contributed by atoms with Gasteiger partial charge in [0.25, 0.3) is 0 Å². The Morgan fingerprint density at radius 1 is 0.892 bits per heavy atom. The highest BCUT2D eigenvalue weighted by Crippen LogP contribution is 2.61. The predicted octanol–water partition coefficient (Wildman–Crippen LogP) is 5.32. The lowest BCUT2D eigenvalue weighted by molar-refractivity contribution is -0.118. The standard InChI is InChI=1S/C30H23ClN2O4/c1-16(34)27-26(18-10-12-19(31)13-11-18)30(28(36)20-6-3-4-7-21(20)29(30)37)25-15-14-22-23(32-17(2)35)8-5-9-24(22)33(25)27/h3-15,25-27H,1-2H3,(H,32,35)/t25-,26+,27-/m0/s1. The first-order valence-electron chi connectivity index (χ1n) is 12.1. The number of nitrogens with zero attached hydrogens (tertiary/aromatic N) is 1. The number of hydrogen-bond donors (Lipinski definition) is 1. The third kappa shape index (κ3) is 3.12. The second-order valence-corrected chi connectivity index (χ2v) is 10.2. The molecule has 3 aromatic rings. The Bertz CT molecular complexity index is 1510. The third-order valence-corrected chi connectivity index (χ3v) is 8.05. The van der Waals surface area contributed by atoms with Crippen molar-refractivity contribution in [2.45, 2.75) is 31.8 Å². The number of benzene rings is 3. The van der Waals surface area contributed by atoms with E-state index in [0.29, 0.717) is 33.1 Å². The van der Waals surface area contributed by atoms with E-state index in [-0.39, 0.29) is 23.3 Å². The number of ketones is 3. The minimum absolute atomic E-state index is 0.162. The van der Waals surface area contributed by atoms with Crippen molar-refractivity contribution in [3.8, 4) is 0 Å². The summed E-state index contributed by atoms with van der Waals surface area (Å²) < 4.78 is 0. The van der Waals surface area contributed by atoms with Gasteiger partial charge < -0.3 is 10.2 Å². The molecule has 3 aromatic carbocycles. The topological polar surface area (TPSA) is 83.6 Å². The van der Waals surface area contributed by atoms with Gasteiger partial charge in [-0.2, -0.15) is 0 Å². The Hall–Kier alpha value is -4.03. The van der Waals surface area contributed by atoms with Crippen LogP contribution in [-0.4, -0.2) is 35.3 Å². The Labute approximate surface area is 218 Å². The van der Waals surface area contributed by atoms with E-state index in [1.807, 2.05) is 23.1 Å². The molecule has 1 aliphatic carbocycles. The second kappa shape index (κ2) is 8.25. The quantitative estimate of drug-likeness (QED) is 0.482. The maximum Gasteiger partial charge on any atom is 0.221 e. The molecule has 2 heterocycles. The Morgan fingerprint density at radius 2 is 1.54 bits per heavy atom. The van der Waals surface area contributed by atoms with Gasteiger partial charge in [0.15, 0.2) is 17.3 Å². The predicted molar refractivity (Wildman–Crippen MR) is 142 cm³/mol. The van der Waals surface area contributed by atoms with E-state index in [0.717, 1.165) is 5.56 Å². The molecular formula is C30H23ClN2O4. The molecule has 3 atom stereocenters. The summed E-state index contributed by atoms with van der Waals surface area (Å²) >= 11 is 6.19. The smallest absolute Gasteiger partial charge is 0.221 e. The van der Waals surface area contributed by atoms with Crippen LogP contribution in [0.25, 0.3) is 6.08 Å². The van der Waals surface area contributed by atoms with Crippen LogP contribution in [0.3, 0.4) is 0 Å². The van der Waals surface area contributed by atoms with Crippen LogP contribution in [0.2, 0.25) is 5.02 Å². The summed E-state index contributed by atoms with van der Waals surface area (Å²) in [6, 6.07) is 17.8. The average molecular weight is 511 g/mol. The number of amides is 1. The van der Waals surface area contributed by atoms with Crippen molar-refractivity contribution in [3.63, 3.8) is 0 Å². The molecule has 37 heavy (non-hydrogen) atoms. The normalized spacial score (nSPS) is 22.6. The fourth-order valence-electron chi connectivity index (χ4n) is 6.49. The van der Waals surface area contributed by atoms with Crippen molar-refractivity contribution in [2.75, 3.05) is 10.2 Å². The van der Waals surface area contributed by atoms with Gasteiger partial charge in [0.05, 0.1) is 17.8 Å². The minimum Gasteiger partial charge on any atom is -0.352 e. The molecule has 184 valence electrons. The molecule has 6 nitrogen and oxygen atoms in total. The number of carbonyl (C=O) groups excluding carboxylic acids is 4. The van der Waals surface area contributed by atoms with Crippen LogP contribution < -0.4 is 10.2 Å². The summed E-state index contributed by atoms with van der Waals surface area (Å²) in [5, 5.41) is 3.37. The summed E-state index contributed by atoms with van der Waals surface area (Å²) in [5.41, 5.74) is 1.92. The fourth-order valence-corrected chi connectivity index (χ4v) is 6.62. The minimum atomic E-state index is -1.54. The zero-order chi connectivity index (χ0) is 26.1. The molecule has 1 amide bonds. The lowest BCUT2D eigenvalue weighted by Gasteiger charge is -2.37. The summed E-state index contributed by atoms with van der Waals surface area (Å²) in [4.78, 5) is 56.0. The number of halogens is 1. The maximum absolute atomic E-state index is 14.4. The number of rotatable bonds is 3. The first kappa shape index (κ1) is 23.4. The van der Waals surface area contributed by atoms with Crippen LogP contribution >= 0.6 is 11.6 Å². The van der Waals surface area contributed by atoms with Crippen molar-refractivity contribution in [2.24, 2.45) is 5.41 Å². The molecular weight excluding hydrogens is 488 g/mol. The molecule has 0 saturated carbocycles. The highest BCUT2D eigenvalue weighted by atomic mass is 35.5. The molecule has 1 fully saturated rings. The molecule has 0 bridgehead atoms. The lowest BCUT2D eigenvalue weighted by atomic mass is 9.64. The highest BCUT2D eigenvalue weighted by molar-refractivity contribution is 6.32. The van der Waals surface area contributed by atoms with Gasteiger partial charge >= 0.3 is 0 Å². The van der Waals surface area contributed by atoms with E-state index < -0.39 is 23.4 Å². The number of fused-ring (bicyclic) bond motifs is 5. The van der Waals surface area contributed by atoms with Crippen molar-refractivity contribution in [3.05, 3.63) is 100 Å². The van der Waals surface area contributed by atoms with Gasteiger partial charge in [-0.25, -0.2) is 0 Å². The van der Waals surface area contributed by atoms with Crippen LogP contribution in [0.15, 0.2) is 72.8 Å². The molecule has 1 saturated heterocycles. The Kier molecular flexibility index (Phi) is 5.21. The van der Waals surface area contributed by atoms with E-state index in [1.54, 1.807) is 60.7 Å². The molecule has 0 radical (unpaired) electrons. The first-order valence-corrected chi connectivity index (χ1v) is 12.5. The van der Waals surface area contributed by atoms with Gasteiger partial charge in [-0.05, 0) is 36.8 Å². The highest BCUT2D eigenvalue weighted by Gasteiger charge is 2.71. The van der Waals surface area contributed by atoms with Gasteiger partial charge in [-0.15, -0.1) is 0 Å². The van der Waals surface area contributed by atoms with Crippen molar-refractivity contribution in [1.29, 1.82) is 0 Å². The Morgan fingerprint density at radius 3 is 2.14 bits per heavy atom. The number of nitrogens with one attached hydrogen (secondary N) is 1. The van der Waals surface area contributed by atoms with Gasteiger partial charge in [0.1, 0.15) is 5.41 Å². The first-order chi connectivity index (χ1) is 17.8. The molecule has 7 heteroatoms. The average Bonchev–Trinajstić information content (AvgIpc) is 3.31. The molecule has 1 N–H and O–H groups in total. The summed E-state index contributed by atoms with van der Waals surface area (Å²) in [7, 11) is 0. The van der Waals surface area contributed by atoms with E-state index in [1.165, 1.54) is 13.8 Å². The molecule has 3 aliphatic rings. The summed E-state index contributed by atoms with van der Waals surface area (Å²) in [6.07, 6.45) is 3.68. The summed E-state index contributed by atoms with van der Waals surface area (Å²) in [5.74, 6) is -1.69. The van der Waals surface area contributed by atoms with E-state index in [4.69, 9.17) is 11.6 Å². The van der Waals surface area contributed by atoms with Crippen LogP contribution in [-0.2, 0) is 9.59 Å². The lowest BCUT2D eigenvalue weighted by Crippen LogP contribution is -2.48. The number of carbonyl (C=O) groups is 4. The summed E-state index contributed by atoms with van der Waals surface area (Å²) in [6.45, 7) is 2.93. The van der Waals surface area contributed by atoms with E-state index in [2.05, 4.69) is 5.32 Å². The van der Waals surface area contributed by atoms with Gasteiger partial charge in [-0.1, -0.05) is 66.2 Å². The number of hydrogen-bond acceptors (Lipinski definition) is 5. The second-order valence-electron chi connectivity index (χ2n) is 9.79. The molecule has 0 unspecified atom stereocenters. The molecule has 0 aromatic heterocycles. The SMILES string of the molecule is CC(=O)Nc1cccc2c1C=C[C@@H]1N2[C@@H](C(C)=O)[C@@H](c2ccc(Cl)cc2)C12C(=O)c1ccccc1C2=O. The largest absolute Gasteiger partial charge is 0.352 e. The van der Waals surface area contributed by atoms with Crippen LogP contribution in [0, 0.1) is 5.41 Å². The number of anilines is 2. The number of Topliss-reactive ketones (excluding diaryl/α,β-unsaturated/α-hetero) is 3. The van der Waals surface area contributed by atoms with Crippen molar-refractivity contribution >= 4 is 52.3 Å². The zero-order valence-corrected chi connectivity index (χ0v) is 21.0. The van der Waals surface area contributed by atoms with E-state index in [9.17, 15) is 19.2 Å². The zero-order valence-electron chi connectivity index (χ0n) is 20.2. The Balaban J connectivity index is 1.65. The van der Waals surface area contributed by atoms with Gasteiger partial charge in [0.2, 0.25) is 5.91 Å². The van der Waals surface area contributed by atoms with Gasteiger partial charge in [0, 0.05) is 40.2 Å². The van der Waals surface area contributed by atoms with Crippen LogP contribution in [0.4, 0.5) is 11.4 Å². The van der Waals surface area contributed by atoms with Crippen molar-refractivity contribution in [1.82, 2.24) is 0 Å². The van der Waals surface area contributed by atoms with Gasteiger partial charge in [-0.3, -0.25) is 19.2 Å². The molecule has 1 spiro atoms. The monoisotopic (exact) mass is 510 g/mol. The molecule has 2 aliphatic heterocycles. The maximum atomic E-state index is 14.4. The third-order valence-electron chi connectivity index (χ3n) is 7.80. The van der Waals surface area contributed by atoms with E-state index >= 15 is 0 Å². The van der Waals surface area contributed by atoms with Crippen LogP contribution in [0.5, 0.6) is 0 Å². The van der Waals surface area contributed by atoms with Crippen LogP contribution in [0.1, 0.15) is 51.6 Å².